The molecule has 0 atom stereocenters. The molecule has 0 aliphatic carbocycles. The van der Waals surface area contributed by atoms with Crippen LogP contribution in [0, 0.1) is 10.1 Å². The largest absolute Gasteiger partial charge is 0.817 e. The monoisotopic (exact) mass is 282 g/mol. The zero-order valence-corrected chi connectivity index (χ0v) is 10.8. The first-order chi connectivity index (χ1) is 10.1. The van der Waals surface area contributed by atoms with Crippen LogP contribution in [-0.2, 0) is 0 Å². The lowest BCUT2D eigenvalue weighted by Gasteiger charge is -2.00. The van der Waals surface area contributed by atoms with Crippen molar-refractivity contribution in [3.63, 3.8) is 0 Å². The first-order valence-electron chi connectivity index (χ1n) is 6.14. The van der Waals surface area contributed by atoms with E-state index < -0.39 is 10.9 Å². The van der Waals surface area contributed by atoms with Crippen LogP contribution in [0.2, 0.25) is 0 Å². The standard InChI is InChI=1S/C14H10N4O3/c19-14-15-17(11-5-2-1-3-6-11)10-16(14)12-7-4-8-13(9-12)18(20)21/h1-10H. The van der Waals surface area contributed by atoms with E-state index >= 15 is 0 Å². The van der Waals surface area contributed by atoms with E-state index in [1.165, 1.54) is 33.8 Å². The smallest absolute Gasteiger partial charge is 0.272 e. The Kier molecular flexibility index (Phi) is 3.07. The van der Waals surface area contributed by atoms with E-state index in [0.717, 1.165) is 5.69 Å². The minimum Gasteiger partial charge on any atom is -0.817 e. The van der Waals surface area contributed by atoms with Crippen LogP contribution in [0.1, 0.15) is 0 Å². The molecule has 1 aromatic heterocycles. The third kappa shape index (κ3) is 2.44. The van der Waals surface area contributed by atoms with Gasteiger partial charge in [0.05, 0.1) is 11.0 Å². The lowest BCUT2D eigenvalue weighted by Crippen LogP contribution is -2.32. The molecule has 0 radical (unpaired) electrons. The first-order valence-corrected chi connectivity index (χ1v) is 6.14. The summed E-state index contributed by atoms with van der Waals surface area (Å²) in [6, 6.07) is 14.5. The van der Waals surface area contributed by atoms with E-state index in [0.29, 0.717) is 5.69 Å². The van der Waals surface area contributed by atoms with E-state index in [1.54, 1.807) is 6.07 Å². The summed E-state index contributed by atoms with van der Waals surface area (Å²) in [5.41, 5.74) is 1.06. The van der Waals surface area contributed by atoms with Crippen molar-refractivity contribution in [3.8, 4) is 17.4 Å². The van der Waals surface area contributed by atoms with Crippen molar-refractivity contribution in [1.82, 2.24) is 9.78 Å². The lowest BCUT2D eigenvalue weighted by molar-refractivity contribution is -0.651. The lowest BCUT2D eigenvalue weighted by atomic mass is 10.3. The van der Waals surface area contributed by atoms with Gasteiger partial charge in [-0.2, -0.15) is 0 Å². The molecule has 0 unspecified atom stereocenters. The highest BCUT2D eigenvalue weighted by molar-refractivity contribution is 5.38. The number of benzene rings is 2. The molecular weight excluding hydrogens is 272 g/mol. The van der Waals surface area contributed by atoms with Crippen molar-refractivity contribution >= 4 is 5.69 Å². The van der Waals surface area contributed by atoms with Crippen molar-refractivity contribution in [2.75, 3.05) is 0 Å². The molecule has 0 amide bonds. The fourth-order valence-corrected chi connectivity index (χ4v) is 1.96. The van der Waals surface area contributed by atoms with Gasteiger partial charge in [0, 0.05) is 11.2 Å². The van der Waals surface area contributed by atoms with Crippen LogP contribution < -0.4 is 9.67 Å². The Morgan fingerprint density at radius 2 is 1.86 bits per heavy atom. The molecule has 0 spiro atoms. The molecule has 7 nitrogen and oxygen atoms in total. The first kappa shape index (κ1) is 12.8. The predicted molar refractivity (Wildman–Crippen MR) is 71.2 cm³/mol. The van der Waals surface area contributed by atoms with Gasteiger partial charge in [0.15, 0.2) is 0 Å². The number of nitrogens with zero attached hydrogens (tertiary/aromatic N) is 4. The Balaban J connectivity index is 2.06. The summed E-state index contributed by atoms with van der Waals surface area (Å²) in [7, 11) is 0. The summed E-state index contributed by atoms with van der Waals surface area (Å²) < 4.78 is 2.70. The van der Waals surface area contributed by atoms with Crippen LogP contribution >= 0.6 is 0 Å². The number of nitro groups is 1. The van der Waals surface area contributed by atoms with Gasteiger partial charge in [-0.3, -0.25) is 10.1 Å². The number of para-hydroxylation sites is 1. The molecule has 0 aliphatic heterocycles. The van der Waals surface area contributed by atoms with Gasteiger partial charge in [-0.05, 0) is 18.2 Å². The molecule has 0 saturated heterocycles. The summed E-state index contributed by atoms with van der Waals surface area (Å²) >= 11 is 0. The molecule has 0 fully saturated rings. The quantitative estimate of drug-likeness (QED) is 0.409. The molecule has 2 aromatic carbocycles. The number of non-ortho nitro benzene ring substituents is 1. The van der Waals surface area contributed by atoms with Crippen molar-refractivity contribution in [1.29, 1.82) is 0 Å². The minimum absolute atomic E-state index is 0.0770. The Bertz CT molecular complexity index is 799. The molecule has 7 heteroatoms. The average molecular weight is 282 g/mol. The third-order valence-corrected chi connectivity index (χ3v) is 2.96. The topological polar surface area (TPSA) is 87.9 Å². The van der Waals surface area contributed by atoms with Gasteiger partial charge in [0.2, 0.25) is 12.3 Å². The molecule has 3 aromatic rings. The molecule has 104 valence electrons. The fourth-order valence-electron chi connectivity index (χ4n) is 1.96. The van der Waals surface area contributed by atoms with E-state index in [2.05, 4.69) is 5.10 Å². The molecule has 21 heavy (non-hydrogen) atoms. The SMILES string of the molecule is O=[N+]([O-])c1cccc(-[n+]2cn(-c3ccccc3)nc2[O-])c1. The van der Waals surface area contributed by atoms with Crippen LogP contribution in [0.3, 0.4) is 0 Å². The van der Waals surface area contributed by atoms with Gasteiger partial charge < -0.3 is 5.11 Å². The van der Waals surface area contributed by atoms with Gasteiger partial charge >= 0.3 is 0 Å². The Morgan fingerprint density at radius 3 is 2.57 bits per heavy atom. The number of rotatable bonds is 3. The maximum absolute atomic E-state index is 12.0. The molecule has 0 aliphatic rings. The fraction of sp³-hybridized carbons (Fsp3) is 0. The van der Waals surface area contributed by atoms with Crippen LogP contribution in [-0.4, -0.2) is 14.7 Å². The Hall–Kier alpha value is -3.22. The second-order valence-corrected chi connectivity index (χ2v) is 4.33. The van der Waals surface area contributed by atoms with Gasteiger partial charge in [-0.15, -0.1) is 0 Å². The molecule has 1 heterocycles. The molecular formula is C14H10N4O3. The predicted octanol–water partition coefficient (Wildman–Crippen LogP) is 1.13. The summed E-state index contributed by atoms with van der Waals surface area (Å²) in [6.07, 6.45) is 1.50. The summed E-state index contributed by atoms with van der Waals surface area (Å²) in [6.45, 7) is 0. The maximum Gasteiger partial charge on any atom is 0.272 e. The van der Waals surface area contributed by atoms with Crippen molar-refractivity contribution in [3.05, 3.63) is 71.0 Å². The molecule has 0 saturated carbocycles. The van der Waals surface area contributed by atoms with Gasteiger partial charge in [0.25, 0.3) is 5.69 Å². The van der Waals surface area contributed by atoms with Crippen LogP contribution in [0.15, 0.2) is 60.9 Å². The van der Waals surface area contributed by atoms with Crippen molar-refractivity contribution < 1.29 is 14.6 Å². The molecule has 3 rings (SSSR count). The number of hydrogen-bond donors (Lipinski definition) is 0. The normalized spacial score (nSPS) is 10.5. The Labute approximate surface area is 119 Å². The van der Waals surface area contributed by atoms with Gasteiger partial charge in [-0.1, -0.05) is 28.9 Å². The number of aromatic nitrogens is 3. The van der Waals surface area contributed by atoms with Gasteiger partial charge in [-0.25, -0.2) is 4.57 Å². The Morgan fingerprint density at radius 1 is 1.10 bits per heavy atom. The molecule has 0 N–H and O–H groups in total. The highest BCUT2D eigenvalue weighted by Crippen LogP contribution is 2.14. The van der Waals surface area contributed by atoms with Crippen molar-refractivity contribution in [2.45, 2.75) is 0 Å². The highest BCUT2D eigenvalue weighted by atomic mass is 16.6. The minimum atomic E-state index is -0.504. The molecule has 0 bridgehead atoms. The maximum atomic E-state index is 12.0. The van der Waals surface area contributed by atoms with E-state index in [-0.39, 0.29) is 5.69 Å². The summed E-state index contributed by atoms with van der Waals surface area (Å²) in [5, 5.41) is 26.6. The van der Waals surface area contributed by atoms with Crippen LogP contribution in [0.5, 0.6) is 6.01 Å². The number of hydrogen-bond acceptors (Lipinski definition) is 4. The third-order valence-electron chi connectivity index (χ3n) is 2.96. The summed E-state index contributed by atoms with van der Waals surface area (Å²) in [5.74, 6) is 0. The average Bonchev–Trinajstić information content (AvgIpc) is 2.90. The van der Waals surface area contributed by atoms with Crippen LogP contribution in [0.25, 0.3) is 11.4 Å². The van der Waals surface area contributed by atoms with E-state index in [1.807, 2.05) is 30.3 Å². The number of nitro benzene ring substituents is 1. The van der Waals surface area contributed by atoms with Gasteiger partial charge in [0.1, 0.15) is 11.4 Å². The van der Waals surface area contributed by atoms with E-state index in [4.69, 9.17) is 0 Å². The summed E-state index contributed by atoms with van der Waals surface area (Å²) in [4.78, 5) is 10.3. The van der Waals surface area contributed by atoms with Crippen molar-refractivity contribution in [2.24, 2.45) is 0 Å². The highest BCUT2D eigenvalue weighted by Gasteiger charge is 2.15. The second kappa shape index (κ2) is 5.04. The zero-order chi connectivity index (χ0) is 14.8. The second-order valence-electron chi connectivity index (χ2n) is 4.33. The van der Waals surface area contributed by atoms with Crippen LogP contribution in [0.4, 0.5) is 5.69 Å². The van der Waals surface area contributed by atoms with E-state index in [9.17, 15) is 15.2 Å². The zero-order valence-electron chi connectivity index (χ0n) is 10.8.